The van der Waals surface area contributed by atoms with Gasteiger partial charge in [0.15, 0.2) is 0 Å². The van der Waals surface area contributed by atoms with Gasteiger partial charge in [-0.05, 0) is 32.0 Å². The highest BCUT2D eigenvalue weighted by Crippen LogP contribution is 2.16. The van der Waals surface area contributed by atoms with Crippen molar-refractivity contribution in [3.63, 3.8) is 0 Å². The summed E-state index contributed by atoms with van der Waals surface area (Å²) >= 11 is 0. The monoisotopic (exact) mass is 263 g/mol. The van der Waals surface area contributed by atoms with Crippen molar-refractivity contribution in [3.8, 4) is 5.75 Å². The summed E-state index contributed by atoms with van der Waals surface area (Å²) in [6, 6.07) is 7.06. The Morgan fingerprint density at radius 1 is 1.53 bits per heavy atom. The average molecular weight is 263 g/mol. The second-order valence-electron chi connectivity index (χ2n) is 4.46. The maximum absolute atomic E-state index is 12.3. The lowest BCUT2D eigenvalue weighted by molar-refractivity contribution is 0.0742. The summed E-state index contributed by atoms with van der Waals surface area (Å²) in [7, 11) is 0. The van der Waals surface area contributed by atoms with Crippen LogP contribution in [-0.2, 0) is 0 Å². The Balaban J connectivity index is 2.87. The molecule has 1 rings (SSSR count). The molecule has 0 aliphatic rings. The third-order valence-electron chi connectivity index (χ3n) is 2.46. The fourth-order valence-corrected chi connectivity index (χ4v) is 1.71. The molecule has 104 valence electrons. The quantitative estimate of drug-likeness (QED) is 0.766. The molecule has 0 saturated carbocycles. The van der Waals surface area contributed by atoms with Gasteiger partial charge in [0, 0.05) is 18.7 Å². The number of carbonyl (C=O) groups excluding carboxylic acids is 1. The maximum Gasteiger partial charge on any atom is 0.254 e. The molecule has 0 atom stereocenters. The molecule has 0 heterocycles. The molecule has 0 fully saturated rings. The van der Waals surface area contributed by atoms with E-state index in [2.05, 4.69) is 6.58 Å². The molecular formula is C15H21NO3. The number of nitrogens with zero attached hydrogens (tertiary/aromatic N) is 1. The van der Waals surface area contributed by atoms with Crippen LogP contribution in [0.15, 0.2) is 36.9 Å². The van der Waals surface area contributed by atoms with E-state index < -0.39 is 0 Å². The molecular weight excluding hydrogens is 242 g/mol. The molecule has 4 nitrogen and oxygen atoms in total. The smallest absolute Gasteiger partial charge is 0.254 e. The average Bonchev–Trinajstić information content (AvgIpc) is 2.37. The molecule has 1 aromatic rings. The van der Waals surface area contributed by atoms with Crippen LogP contribution in [0, 0.1) is 0 Å². The van der Waals surface area contributed by atoms with Gasteiger partial charge >= 0.3 is 0 Å². The van der Waals surface area contributed by atoms with Gasteiger partial charge in [-0.15, -0.1) is 6.58 Å². The summed E-state index contributed by atoms with van der Waals surface area (Å²) < 4.78 is 5.56. The van der Waals surface area contributed by atoms with Crippen molar-refractivity contribution in [1.82, 2.24) is 4.90 Å². The lowest BCUT2D eigenvalue weighted by atomic mass is 10.2. The largest absolute Gasteiger partial charge is 0.491 e. The maximum atomic E-state index is 12.3. The first kappa shape index (κ1) is 15.2. The van der Waals surface area contributed by atoms with E-state index in [0.29, 0.717) is 24.4 Å². The third kappa shape index (κ3) is 4.75. The van der Waals surface area contributed by atoms with Crippen LogP contribution in [0.2, 0.25) is 0 Å². The van der Waals surface area contributed by atoms with E-state index in [1.165, 1.54) is 0 Å². The van der Waals surface area contributed by atoms with Crippen LogP contribution in [-0.4, -0.2) is 41.7 Å². The Kier molecular flexibility index (Phi) is 6.09. The van der Waals surface area contributed by atoms with E-state index in [1.54, 1.807) is 29.2 Å². The zero-order valence-electron chi connectivity index (χ0n) is 11.5. The first-order chi connectivity index (χ1) is 9.08. The number of hydrogen-bond acceptors (Lipinski definition) is 3. The second-order valence-corrected chi connectivity index (χ2v) is 4.46. The van der Waals surface area contributed by atoms with Crippen LogP contribution in [0.25, 0.3) is 0 Å². The predicted octanol–water partition coefficient (Wildman–Crippen LogP) is 2.09. The van der Waals surface area contributed by atoms with Gasteiger partial charge in [0.1, 0.15) is 5.75 Å². The Labute approximate surface area is 114 Å². The van der Waals surface area contributed by atoms with Crippen molar-refractivity contribution >= 4 is 5.91 Å². The van der Waals surface area contributed by atoms with Crippen LogP contribution in [0.5, 0.6) is 5.75 Å². The highest BCUT2D eigenvalue weighted by Gasteiger charge is 2.14. The zero-order valence-corrected chi connectivity index (χ0v) is 11.5. The first-order valence-corrected chi connectivity index (χ1v) is 6.36. The number of carbonyl (C=O) groups is 1. The van der Waals surface area contributed by atoms with E-state index in [-0.39, 0.29) is 18.6 Å². The number of amides is 1. The Bertz CT molecular complexity index is 429. The lowest BCUT2D eigenvalue weighted by Crippen LogP contribution is -2.33. The number of aliphatic hydroxyl groups excluding tert-OH is 1. The summed E-state index contributed by atoms with van der Waals surface area (Å²) in [6.45, 7) is 8.12. The standard InChI is InChI=1S/C15H21NO3/c1-4-8-16(9-10-17)15(18)13-6-5-7-14(11-13)19-12(2)3/h4-7,11-12,17H,1,8-10H2,2-3H3. The molecule has 0 aliphatic carbocycles. The van der Waals surface area contributed by atoms with Crippen molar-refractivity contribution in [3.05, 3.63) is 42.5 Å². The highest BCUT2D eigenvalue weighted by molar-refractivity contribution is 5.94. The summed E-state index contributed by atoms with van der Waals surface area (Å²) in [5, 5.41) is 8.98. The van der Waals surface area contributed by atoms with Crippen molar-refractivity contribution in [2.45, 2.75) is 20.0 Å². The minimum atomic E-state index is -0.136. The van der Waals surface area contributed by atoms with Gasteiger partial charge in [-0.3, -0.25) is 4.79 Å². The summed E-state index contributed by atoms with van der Waals surface area (Å²) in [6.07, 6.45) is 1.70. The molecule has 0 aromatic heterocycles. The van der Waals surface area contributed by atoms with Gasteiger partial charge in [0.25, 0.3) is 5.91 Å². The van der Waals surface area contributed by atoms with Gasteiger partial charge < -0.3 is 14.7 Å². The van der Waals surface area contributed by atoms with Gasteiger partial charge in [-0.25, -0.2) is 0 Å². The number of rotatable bonds is 7. The minimum absolute atomic E-state index is 0.0621. The van der Waals surface area contributed by atoms with Crippen molar-refractivity contribution in [2.75, 3.05) is 19.7 Å². The van der Waals surface area contributed by atoms with E-state index in [0.717, 1.165) is 0 Å². The molecule has 1 aromatic carbocycles. The van der Waals surface area contributed by atoms with Crippen molar-refractivity contribution in [1.29, 1.82) is 0 Å². The first-order valence-electron chi connectivity index (χ1n) is 6.36. The molecule has 0 bridgehead atoms. The highest BCUT2D eigenvalue weighted by atomic mass is 16.5. The molecule has 1 amide bonds. The van der Waals surface area contributed by atoms with Crippen molar-refractivity contribution < 1.29 is 14.6 Å². The van der Waals surface area contributed by atoms with E-state index >= 15 is 0 Å². The Morgan fingerprint density at radius 3 is 2.84 bits per heavy atom. The fourth-order valence-electron chi connectivity index (χ4n) is 1.71. The number of hydrogen-bond donors (Lipinski definition) is 1. The van der Waals surface area contributed by atoms with Gasteiger partial charge in [0.05, 0.1) is 12.7 Å². The zero-order chi connectivity index (χ0) is 14.3. The Morgan fingerprint density at radius 2 is 2.26 bits per heavy atom. The molecule has 0 radical (unpaired) electrons. The predicted molar refractivity (Wildman–Crippen MR) is 75.4 cm³/mol. The number of aliphatic hydroxyl groups is 1. The summed E-state index contributed by atoms with van der Waals surface area (Å²) in [5.74, 6) is 0.534. The van der Waals surface area contributed by atoms with E-state index in [1.807, 2.05) is 19.9 Å². The molecule has 0 spiro atoms. The lowest BCUT2D eigenvalue weighted by Gasteiger charge is -2.20. The summed E-state index contributed by atoms with van der Waals surface area (Å²) in [5.41, 5.74) is 0.549. The van der Waals surface area contributed by atoms with Crippen LogP contribution in [0.4, 0.5) is 0 Å². The molecule has 19 heavy (non-hydrogen) atoms. The molecule has 0 unspecified atom stereocenters. The van der Waals surface area contributed by atoms with Crippen LogP contribution >= 0.6 is 0 Å². The third-order valence-corrected chi connectivity index (χ3v) is 2.46. The molecule has 0 aliphatic heterocycles. The minimum Gasteiger partial charge on any atom is -0.491 e. The summed E-state index contributed by atoms with van der Waals surface area (Å²) in [4.78, 5) is 13.8. The molecule has 4 heteroatoms. The fraction of sp³-hybridized carbons (Fsp3) is 0.400. The SMILES string of the molecule is C=CCN(CCO)C(=O)c1cccc(OC(C)C)c1. The van der Waals surface area contributed by atoms with Crippen LogP contribution in [0.1, 0.15) is 24.2 Å². The van der Waals surface area contributed by atoms with E-state index in [9.17, 15) is 4.79 Å². The Hall–Kier alpha value is -1.81. The topological polar surface area (TPSA) is 49.8 Å². The van der Waals surface area contributed by atoms with Gasteiger partial charge in [-0.1, -0.05) is 12.1 Å². The molecule has 1 N–H and O–H groups in total. The number of ether oxygens (including phenoxy) is 1. The molecule has 0 saturated heterocycles. The van der Waals surface area contributed by atoms with Crippen LogP contribution in [0.3, 0.4) is 0 Å². The van der Waals surface area contributed by atoms with Crippen LogP contribution < -0.4 is 4.74 Å². The van der Waals surface area contributed by atoms with Gasteiger partial charge in [-0.2, -0.15) is 0 Å². The normalized spacial score (nSPS) is 10.3. The second kappa shape index (κ2) is 7.59. The van der Waals surface area contributed by atoms with Crippen molar-refractivity contribution in [2.24, 2.45) is 0 Å². The number of benzene rings is 1. The van der Waals surface area contributed by atoms with Gasteiger partial charge in [0.2, 0.25) is 0 Å². The van der Waals surface area contributed by atoms with E-state index in [4.69, 9.17) is 9.84 Å².